The minimum Gasteiger partial charge on any atom is -0.508 e. The van der Waals surface area contributed by atoms with Crippen molar-refractivity contribution in [1.29, 1.82) is 0 Å². The standard InChI is InChI=1S/C14H19NO3/c1-14(18)7-2-8-15(10-14)9-13(17)11-3-5-12(16)6-4-11/h3-6,16,18H,2,7-10H2,1H3. The highest BCUT2D eigenvalue weighted by Gasteiger charge is 2.29. The van der Waals surface area contributed by atoms with Crippen LogP contribution in [0.15, 0.2) is 24.3 Å². The average molecular weight is 249 g/mol. The van der Waals surface area contributed by atoms with Crippen molar-refractivity contribution in [2.75, 3.05) is 19.6 Å². The first-order chi connectivity index (χ1) is 8.46. The zero-order valence-corrected chi connectivity index (χ0v) is 10.6. The number of β-amino-alcohol motifs (C(OH)–C–C–N with tert-alkyl or cyclic N) is 1. The number of piperidine rings is 1. The summed E-state index contributed by atoms with van der Waals surface area (Å²) < 4.78 is 0. The van der Waals surface area contributed by atoms with Gasteiger partial charge in [-0.05, 0) is 50.6 Å². The molecule has 0 spiro atoms. The van der Waals surface area contributed by atoms with E-state index in [-0.39, 0.29) is 11.5 Å². The van der Waals surface area contributed by atoms with Crippen LogP contribution in [0.5, 0.6) is 5.75 Å². The molecule has 1 atom stereocenters. The minimum atomic E-state index is -0.687. The molecular formula is C14H19NO3. The average Bonchev–Trinajstić information content (AvgIpc) is 2.28. The lowest BCUT2D eigenvalue weighted by Gasteiger charge is -2.36. The molecule has 1 unspecified atom stereocenters. The number of nitrogens with zero attached hydrogens (tertiary/aromatic N) is 1. The number of hydrogen-bond donors (Lipinski definition) is 2. The summed E-state index contributed by atoms with van der Waals surface area (Å²) in [5.74, 6) is 0.181. The molecule has 2 N–H and O–H groups in total. The Labute approximate surface area is 107 Å². The summed E-state index contributed by atoms with van der Waals surface area (Å²) in [7, 11) is 0. The lowest BCUT2D eigenvalue weighted by molar-refractivity contribution is -0.0132. The van der Waals surface area contributed by atoms with Crippen molar-refractivity contribution in [3.8, 4) is 5.75 Å². The van der Waals surface area contributed by atoms with Crippen molar-refractivity contribution >= 4 is 5.78 Å². The summed E-state index contributed by atoms with van der Waals surface area (Å²) in [6.07, 6.45) is 1.70. The first-order valence-corrected chi connectivity index (χ1v) is 6.23. The van der Waals surface area contributed by atoms with Gasteiger partial charge in [0.2, 0.25) is 0 Å². The van der Waals surface area contributed by atoms with E-state index in [1.54, 1.807) is 12.1 Å². The maximum atomic E-state index is 12.0. The van der Waals surface area contributed by atoms with Crippen molar-refractivity contribution in [2.45, 2.75) is 25.4 Å². The van der Waals surface area contributed by atoms with Gasteiger partial charge in [-0.15, -0.1) is 0 Å². The normalized spacial score (nSPS) is 25.0. The number of ketones is 1. The Hall–Kier alpha value is -1.39. The van der Waals surface area contributed by atoms with Gasteiger partial charge in [0.15, 0.2) is 5.78 Å². The Morgan fingerprint density at radius 3 is 2.67 bits per heavy atom. The van der Waals surface area contributed by atoms with Gasteiger partial charge in [0.25, 0.3) is 0 Å². The summed E-state index contributed by atoms with van der Waals surface area (Å²) in [5, 5.41) is 19.2. The van der Waals surface area contributed by atoms with E-state index in [0.29, 0.717) is 18.7 Å². The number of carbonyl (C=O) groups excluding carboxylic acids is 1. The van der Waals surface area contributed by atoms with Gasteiger partial charge >= 0.3 is 0 Å². The van der Waals surface area contributed by atoms with Crippen LogP contribution in [0, 0.1) is 0 Å². The van der Waals surface area contributed by atoms with E-state index in [4.69, 9.17) is 0 Å². The number of rotatable bonds is 3. The minimum absolute atomic E-state index is 0.0210. The van der Waals surface area contributed by atoms with Crippen molar-refractivity contribution < 1.29 is 15.0 Å². The third-order valence-electron chi connectivity index (χ3n) is 3.31. The second-order valence-electron chi connectivity index (χ2n) is 5.28. The molecule has 0 amide bonds. The molecule has 0 aromatic heterocycles. The SMILES string of the molecule is CC1(O)CCCN(CC(=O)c2ccc(O)cc2)C1. The van der Waals surface area contributed by atoms with Crippen molar-refractivity contribution in [3.05, 3.63) is 29.8 Å². The van der Waals surface area contributed by atoms with Crippen LogP contribution in [0.2, 0.25) is 0 Å². The van der Waals surface area contributed by atoms with E-state index >= 15 is 0 Å². The zero-order chi connectivity index (χ0) is 13.2. The van der Waals surface area contributed by atoms with Crippen LogP contribution in [-0.4, -0.2) is 46.1 Å². The molecule has 1 aliphatic heterocycles. The number of phenolic OH excluding ortho intramolecular Hbond substituents is 1. The number of likely N-dealkylation sites (tertiary alicyclic amines) is 1. The largest absolute Gasteiger partial charge is 0.508 e. The number of carbonyl (C=O) groups is 1. The molecule has 1 fully saturated rings. The van der Waals surface area contributed by atoms with Gasteiger partial charge in [0.05, 0.1) is 12.1 Å². The van der Waals surface area contributed by atoms with Crippen molar-refractivity contribution in [3.63, 3.8) is 0 Å². The molecule has 0 bridgehead atoms. The van der Waals surface area contributed by atoms with Crippen molar-refractivity contribution in [1.82, 2.24) is 4.90 Å². The smallest absolute Gasteiger partial charge is 0.176 e. The maximum absolute atomic E-state index is 12.0. The number of aliphatic hydroxyl groups is 1. The van der Waals surface area contributed by atoms with E-state index in [0.717, 1.165) is 19.4 Å². The number of aromatic hydroxyl groups is 1. The third-order valence-corrected chi connectivity index (χ3v) is 3.31. The van der Waals surface area contributed by atoms with Crippen LogP contribution in [0.3, 0.4) is 0 Å². The van der Waals surface area contributed by atoms with E-state index in [1.165, 1.54) is 12.1 Å². The van der Waals surface area contributed by atoms with E-state index in [9.17, 15) is 15.0 Å². The van der Waals surface area contributed by atoms with Gasteiger partial charge in [-0.3, -0.25) is 9.69 Å². The molecule has 0 radical (unpaired) electrons. The molecule has 0 aliphatic carbocycles. The fourth-order valence-electron chi connectivity index (χ4n) is 2.40. The first-order valence-electron chi connectivity index (χ1n) is 6.23. The predicted octanol–water partition coefficient (Wildman–Crippen LogP) is 1.42. The van der Waals surface area contributed by atoms with E-state index in [2.05, 4.69) is 0 Å². The van der Waals surface area contributed by atoms with Gasteiger partial charge in [0.1, 0.15) is 5.75 Å². The van der Waals surface area contributed by atoms with E-state index < -0.39 is 5.60 Å². The zero-order valence-electron chi connectivity index (χ0n) is 10.6. The highest BCUT2D eigenvalue weighted by atomic mass is 16.3. The summed E-state index contributed by atoms with van der Waals surface area (Å²) in [6, 6.07) is 6.28. The van der Waals surface area contributed by atoms with Crippen LogP contribution < -0.4 is 0 Å². The molecule has 98 valence electrons. The van der Waals surface area contributed by atoms with Crippen LogP contribution in [0.1, 0.15) is 30.1 Å². The summed E-state index contributed by atoms with van der Waals surface area (Å²) in [4.78, 5) is 14.0. The summed E-state index contributed by atoms with van der Waals surface area (Å²) in [6.45, 7) is 3.52. The van der Waals surface area contributed by atoms with Gasteiger partial charge in [0, 0.05) is 12.1 Å². The van der Waals surface area contributed by atoms with Crippen LogP contribution in [-0.2, 0) is 0 Å². The topological polar surface area (TPSA) is 60.8 Å². The first kappa shape index (κ1) is 13.1. The number of hydrogen-bond acceptors (Lipinski definition) is 4. The van der Waals surface area contributed by atoms with Gasteiger partial charge in [-0.2, -0.15) is 0 Å². The Morgan fingerprint density at radius 2 is 2.06 bits per heavy atom. The third kappa shape index (κ3) is 3.31. The van der Waals surface area contributed by atoms with Gasteiger partial charge in [-0.1, -0.05) is 0 Å². The van der Waals surface area contributed by atoms with Crippen LogP contribution in [0.25, 0.3) is 0 Å². The molecule has 1 aromatic rings. The molecule has 18 heavy (non-hydrogen) atoms. The summed E-state index contributed by atoms with van der Waals surface area (Å²) in [5.41, 5.74) is -0.0916. The Balaban J connectivity index is 1.97. The second-order valence-corrected chi connectivity index (χ2v) is 5.28. The summed E-state index contributed by atoms with van der Waals surface area (Å²) >= 11 is 0. The fourth-order valence-corrected chi connectivity index (χ4v) is 2.40. The molecule has 4 nitrogen and oxygen atoms in total. The molecule has 1 heterocycles. The molecule has 4 heteroatoms. The molecule has 2 rings (SSSR count). The number of phenols is 1. The highest BCUT2D eigenvalue weighted by Crippen LogP contribution is 2.20. The molecule has 1 saturated heterocycles. The van der Waals surface area contributed by atoms with Crippen LogP contribution >= 0.6 is 0 Å². The fraction of sp³-hybridized carbons (Fsp3) is 0.500. The Bertz CT molecular complexity index is 425. The Kier molecular flexibility index (Phi) is 3.68. The molecule has 1 aliphatic rings. The number of benzene rings is 1. The van der Waals surface area contributed by atoms with Gasteiger partial charge in [-0.25, -0.2) is 0 Å². The van der Waals surface area contributed by atoms with E-state index in [1.807, 2.05) is 11.8 Å². The Morgan fingerprint density at radius 1 is 1.39 bits per heavy atom. The lowest BCUT2D eigenvalue weighted by Crippen LogP contribution is -2.47. The molecular weight excluding hydrogens is 230 g/mol. The second kappa shape index (κ2) is 5.08. The highest BCUT2D eigenvalue weighted by molar-refractivity contribution is 5.97. The molecule has 0 saturated carbocycles. The predicted molar refractivity (Wildman–Crippen MR) is 68.7 cm³/mol. The number of Topliss-reactive ketones (excluding diaryl/α,β-unsaturated/α-hetero) is 1. The monoisotopic (exact) mass is 249 g/mol. The lowest BCUT2D eigenvalue weighted by atomic mass is 9.95. The quantitative estimate of drug-likeness (QED) is 0.795. The van der Waals surface area contributed by atoms with Gasteiger partial charge < -0.3 is 10.2 Å². The molecule has 1 aromatic carbocycles. The maximum Gasteiger partial charge on any atom is 0.176 e. The van der Waals surface area contributed by atoms with Crippen LogP contribution in [0.4, 0.5) is 0 Å². The van der Waals surface area contributed by atoms with Crippen molar-refractivity contribution in [2.24, 2.45) is 0 Å².